The van der Waals surface area contributed by atoms with Gasteiger partial charge in [-0.05, 0) is 41.3 Å². The molecule has 2 heterocycles. The molecule has 0 unspecified atom stereocenters. The van der Waals surface area contributed by atoms with Gasteiger partial charge in [-0.25, -0.2) is 8.42 Å². The molecule has 122 valence electrons. The zero-order valence-electron chi connectivity index (χ0n) is 12.3. The molecule has 0 amide bonds. The van der Waals surface area contributed by atoms with Crippen molar-refractivity contribution in [3.8, 4) is 5.75 Å². The molecule has 1 aromatic heterocycles. The average molecular weight is 353 g/mol. The van der Waals surface area contributed by atoms with Crippen molar-refractivity contribution in [1.29, 1.82) is 0 Å². The summed E-state index contributed by atoms with van der Waals surface area (Å²) in [5.74, 6) is -0.598. The van der Waals surface area contributed by atoms with Crippen LogP contribution >= 0.6 is 11.3 Å². The van der Waals surface area contributed by atoms with Crippen molar-refractivity contribution >= 4 is 27.3 Å². The maximum Gasteiger partial charge on any atom is 0.322 e. The number of rotatable bonds is 4. The van der Waals surface area contributed by atoms with Gasteiger partial charge in [-0.2, -0.15) is 4.31 Å². The second kappa shape index (κ2) is 5.95. The van der Waals surface area contributed by atoms with Gasteiger partial charge < -0.3 is 9.84 Å². The third kappa shape index (κ3) is 2.85. The predicted octanol–water partition coefficient (Wildman–Crippen LogP) is 1.96. The van der Waals surface area contributed by atoms with Gasteiger partial charge in [0.05, 0.1) is 12.0 Å². The average Bonchev–Trinajstić information content (AvgIpc) is 3.01. The Balaban J connectivity index is 2.01. The molecule has 6 nitrogen and oxygen atoms in total. The molecule has 0 saturated heterocycles. The van der Waals surface area contributed by atoms with Crippen molar-refractivity contribution in [3.63, 3.8) is 0 Å². The lowest BCUT2D eigenvalue weighted by Crippen LogP contribution is -2.48. The SMILES string of the molecule is COc1ccc(S(=O)(=O)N2Cc3ccsc3C[C@@H]2C(=O)O)cc1. The number of hydrogen-bond donors (Lipinski definition) is 1. The Kier molecular flexibility index (Phi) is 4.13. The monoisotopic (exact) mass is 353 g/mol. The fraction of sp³-hybridized carbons (Fsp3) is 0.267. The molecule has 0 aliphatic carbocycles. The van der Waals surface area contributed by atoms with Crippen LogP contribution in [-0.4, -0.2) is 37.0 Å². The molecule has 1 aliphatic heterocycles. The number of carbonyl (C=O) groups is 1. The van der Waals surface area contributed by atoms with Gasteiger partial charge in [0.15, 0.2) is 0 Å². The predicted molar refractivity (Wildman–Crippen MR) is 85.2 cm³/mol. The van der Waals surface area contributed by atoms with E-state index >= 15 is 0 Å². The van der Waals surface area contributed by atoms with Crippen molar-refractivity contribution in [2.75, 3.05) is 7.11 Å². The van der Waals surface area contributed by atoms with E-state index in [1.54, 1.807) is 12.1 Å². The summed E-state index contributed by atoms with van der Waals surface area (Å²) in [6, 6.07) is 6.69. The first kappa shape index (κ1) is 16.0. The quantitative estimate of drug-likeness (QED) is 0.908. The fourth-order valence-electron chi connectivity index (χ4n) is 2.59. The van der Waals surface area contributed by atoms with Gasteiger partial charge in [0.25, 0.3) is 0 Å². The Morgan fingerprint density at radius 2 is 2.00 bits per heavy atom. The first-order chi connectivity index (χ1) is 10.9. The minimum Gasteiger partial charge on any atom is -0.497 e. The molecule has 1 N–H and O–H groups in total. The minimum absolute atomic E-state index is 0.0585. The number of sulfonamides is 1. The summed E-state index contributed by atoms with van der Waals surface area (Å²) >= 11 is 1.46. The van der Waals surface area contributed by atoms with Gasteiger partial charge in [0.2, 0.25) is 10.0 Å². The number of aliphatic carboxylic acids is 1. The summed E-state index contributed by atoms with van der Waals surface area (Å²) in [7, 11) is -2.41. The van der Waals surface area contributed by atoms with E-state index in [0.717, 1.165) is 14.7 Å². The zero-order chi connectivity index (χ0) is 16.6. The standard InChI is InChI=1S/C15H15NO5S2/c1-21-11-2-4-12(5-3-11)23(19,20)16-9-10-6-7-22-14(10)8-13(16)15(17)18/h2-7,13H,8-9H2,1H3,(H,17,18)/t13-/m1/s1. The number of carboxylic acid groups (broad SMARTS) is 1. The molecule has 8 heteroatoms. The number of benzene rings is 1. The summed E-state index contributed by atoms with van der Waals surface area (Å²) in [6.07, 6.45) is 0.192. The molecule has 23 heavy (non-hydrogen) atoms. The summed E-state index contributed by atoms with van der Waals surface area (Å²) in [5, 5.41) is 11.3. The highest BCUT2D eigenvalue weighted by Crippen LogP contribution is 2.32. The third-order valence-electron chi connectivity index (χ3n) is 3.84. The van der Waals surface area contributed by atoms with E-state index in [2.05, 4.69) is 0 Å². The van der Waals surface area contributed by atoms with Gasteiger partial charge in [-0.1, -0.05) is 0 Å². The Bertz CT molecular complexity index is 826. The van der Waals surface area contributed by atoms with Gasteiger partial charge in [-0.3, -0.25) is 4.79 Å². The van der Waals surface area contributed by atoms with Crippen molar-refractivity contribution in [1.82, 2.24) is 4.31 Å². The molecule has 3 rings (SSSR count). The van der Waals surface area contributed by atoms with Crippen LogP contribution in [0.2, 0.25) is 0 Å². The Morgan fingerprint density at radius 3 is 2.61 bits per heavy atom. The van der Waals surface area contributed by atoms with Crippen LogP contribution in [0.3, 0.4) is 0 Å². The molecule has 2 aromatic rings. The lowest BCUT2D eigenvalue weighted by molar-refractivity contribution is -0.141. The van der Waals surface area contributed by atoms with Crippen LogP contribution in [0.15, 0.2) is 40.6 Å². The van der Waals surface area contributed by atoms with Crippen LogP contribution in [0, 0.1) is 0 Å². The van der Waals surface area contributed by atoms with Gasteiger partial charge in [0, 0.05) is 17.8 Å². The van der Waals surface area contributed by atoms with E-state index < -0.39 is 22.0 Å². The maximum absolute atomic E-state index is 12.9. The normalized spacial score (nSPS) is 18.4. The van der Waals surface area contributed by atoms with Gasteiger partial charge in [0.1, 0.15) is 11.8 Å². The molecule has 0 fully saturated rings. The molecule has 1 aliphatic rings. The second-order valence-corrected chi connectivity index (χ2v) is 8.04. The Hall–Kier alpha value is -1.90. The lowest BCUT2D eigenvalue weighted by atomic mass is 10.1. The van der Waals surface area contributed by atoms with Gasteiger partial charge >= 0.3 is 5.97 Å². The summed E-state index contributed by atoms with van der Waals surface area (Å²) in [5.41, 5.74) is 0.865. The number of hydrogen-bond acceptors (Lipinski definition) is 5. The largest absolute Gasteiger partial charge is 0.497 e. The number of carboxylic acids is 1. The maximum atomic E-state index is 12.9. The van der Waals surface area contributed by atoms with Crippen LogP contribution in [0.4, 0.5) is 0 Å². The molecule has 0 saturated carbocycles. The highest BCUT2D eigenvalue weighted by Gasteiger charge is 2.40. The highest BCUT2D eigenvalue weighted by molar-refractivity contribution is 7.89. The number of ether oxygens (including phenoxy) is 1. The van der Waals surface area contributed by atoms with E-state index in [1.165, 1.54) is 30.6 Å². The molecule has 0 radical (unpaired) electrons. The molecular weight excluding hydrogens is 338 g/mol. The van der Waals surface area contributed by atoms with E-state index in [9.17, 15) is 18.3 Å². The summed E-state index contributed by atoms with van der Waals surface area (Å²) < 4.78 is 31.8. The van der Waals surface area contributed by atoms with Crippen molar-refractivity contribution in [2.24, 2.45) is 0 Å². The van der Waals surface area contributed by atoms with E-state index in [4.69, 9.17) is 4.74 Å². The van der Waals surface area contributed by atoms with Crippen LogP contribution in [0.25, 0.3) is 0 Å². The Morgan fingerprint density at radius 1 is 1.30 bits per heavy atom. The molecule has 1 aromatic carbocycles. The fourth-order valence-corrected chi connectivity index (χ4v) is 5.08. The first-order valence-electron chi connectivity index (χ1n) is 6.87. The number of methoxy groups -OCH3 is 1. The highest BCUT2D eigenvalue weighted by atomic mass is 32.2. The van der Waals surface area contributed by atoms with E-state index in [1.807, 2.05) is 11.4 Å². The van der Waals surface area contributed by atoms with Crippen LogP contribution in [-0.2, 0) is 27.8 Å². The van der Waals surface area contributed by atoms with Crippen LogP contribution < -0.4 is 4.74 Å². The lowest BCUT2D eigenvalue weighted by Gasteiger charge is -2.32. The minimum atomic E-state index is -3.90. The smallest absolute Gasteiger partial charge is 0.322 e. The number of thiophene rings is 1. The van der Waals surface area contributed by atoms with Crippen LogP contribution in [0.5, 0.6) is 5.75 Å². The topological polar surface area (TPSA) is 83.9 Å². The number of fused-ring (bicyclic) bond motifs is 1. The van der Waals surface area contributed by atoms with E-state index in [-0.39, 0.29) is 17.9 Å². The molecule has 1 atom stereocenters. The van der Waals surface area contributed by atoms with Crippen molar-refractivity contribution < 1.29 is 23.1 Å². The van der Waals surface area contributed by atoms with Gasteiger partial charge in [-0.15, -0.1) is 11.3 Å². The van der Waals surface area contributed by atoms with Crippen LogP contribution in [0.1, 0.15) is 10.4 Å². The first-order valence-corrected chi connectivity index (χ1v) is 9.19. The molecule has 0 spiro atoms. The van der Waals surface area contributed by atoms with Crippen molar-refractivity contribution in [2.45, 2.75) is 23.9 Å². The second-order valence-electron chi connectivity index (χ2n) is 5.15. The third-order valence-corrected chi connectivity index (χ3v) is 6.70. The summed E-state index contributed by atoms with van der Waals surface area (Å²) in [6.45, 7) is 0.0736. The molecular formula is C15H15NO5S2. The summed E-state index contributed by atoms with van der Waals surface area (Å²) in [4.78, 5) is 12.5. The zero-order valence-corrected chi connectivity index (χ0v) is 13.9. The Labute approximate surface area is 138 Å². The van der Waals surface area contributed by atoms with Crippen molar-refractivity contribution in [3.05, 3.63) is 46.2 Å². The molecule has 0 bridgehead atoms. The number of nitrogens with zero attached hydrogens (tertiary/aromatic N) is 1. The van der Waals surface area contributed by atoms with E-state index in [0.29, 0.717) is 5.75 Å².